The lowest BCUT2D eigenvalue weighted by atomic mass is 9.79. The van der Waals surface area contributed by atoms with E-state index in [4.69, 9.17) is 15.2 Å². The Balaban J connectivity index is 1.83. The van der Waals surface area contributed by atoms with Gasteiger partial charge in [-0.2, -0.15) is 0 Å². The molecule has 122 valence electrons. The van der Waals surface area contributed by atoms with Gasteiger partial charge >= 0.3 is 0 Å². The van der Waals surface area contributed by atoms with Gasteiger partial charge in [-0.3, -0.25) is 4.79 Å². The molecule has 1 heterocycles. The molecule has 22 heavy (non-hydrogen) atoms. The highest BCUT2D eigenvalue weighted by atomic mass is 16.5. The first-order valence-electron chi connectivity index (χ1n) is 7.73. The van der Waals surface area contributed by atoms with Crippen molar-refractivity contribution >= 4 is 5.91 Å². The van der Waals surface area contributed by atoms with Crippen molar-refractivity contribution in [3.8, 4) is 11.5 Å². The number of benzene rings is 1. The van der Waals surface area contributed by atoms with Crippen molar-refractivity contribution in [2.45, 2.75) is 32.7 Å². The number of methoxy groups -OCH3 is 1. The number of amides is 1. The summed E-state index contributed by atoms with van der Waals surface area (Å²) >= 11 is 0. The van der Waals surface area contributed by atoms with Crippen LogP contribution in [0, 0.1) is 5.41 Å². The van der Waals surface area contributed by atoms with E-state index in [1.165, 1.54) is 0 Å². The average molecular weight is 306 g/mol. The number of hydrogen-bond donors (Lipinski definition) is 1. The maximum atomic E-state index is 12.3. The quantitative estimate of drug-likeness (QED) is 0.904. The molecule has 0 radical (unpaired) electrons. The zero-order valence-corrected chi connectivity index (χ0v) is 13.7. The monoisotopic (exact) mass is 306 g/mol. The van der Waals surface area contributed by atoms with Gasteiger partial charge in [0, 0.05) is 19.1 Å². The van der Waals surface area contributed by atoms with Gasteiger partial charge in [0.05, 0.1) is 20.1 Å². The molecule has 5 nitrogen and oxygen atoms in total. The van der Waals surface area contributed by atoms with Gasteiger partial charge in [-0.05, 0) is 24.0 Å². The second-order valence-electron chi connectivity index (χ2n) is 6.45. The van der Waals surface area contributed by atoms with Crippen molar-refractivity contribution in [1.82, 2.24) is 4.90 Å². The van der Waals surface area contributed by atoms with Crippen molar-refractivity contribution in [3.05, 3.63) is 24.3 Å². The largest absolute Gasteiger partial charge is 0.493 e. The molecule has 1 aromatic rings. The molecule has 0 aliphatic carbocycles. The summed E-state index contributed by atoms with van der Waals surface area (Å²) in [7, 11) is 1.60. The SMILES string of the molecule is COc1ccccc1OCCC(=O)N1CCC(N)C(C)(C)C1. The van der Waals surface area contributed by atoms with Gasteiger partial charge in [-0.25, -0.2) is 0 Å². The predicted molar refractivity (Wildman–Crippen MR) is 86.1 cm³/mol. The third-order valence-electron chi connectivity index (χ3n) is 4.31. The minimum Gasteiger partial charge on any atom is -0.493 e. The van der Waals surface area contributed by atoms with Gasteiger partial charge < -0.3 is 20.1 Å². The molecule has 1 aromatic carbocycles. The van der Waals surface area contributed by atoms with Crippen LogP contribution in [0.15, 0.2) is 24.3 Å². The number of nitrogens with two attached hydrogens (primary N) is 1. The highest BCUT2D eigenvalue weighted by molar-refractivity contribution is 5.76. The molecule has 1 amide bonds. The van der Waals surface area contributed by atoms with Crippen LogP contribution in [0.2, 0.25) is 0 Å². The number of ether oxygens (including phenoxy) is 2. The zero-order chi connectivity index (χ0) is 16.2. The molecule has 0 bridgehead atoms. The van der Waals surface area contributed by atoms with Crippen molar-refractivity contribution in [2.24, 2.45) is 11.1 Å². The Labute approximate surface area is 132 Å². The number of carbonyl (C=O) groups is 1. The Morgan fingerprint density at radius 2 is 2.05 bits per heavy atom. The number of rotatable bonds is 5. The maximum absolute atomic E-state index is 12.3. The number of carbonyl (C=O) groups excluding carboxylic acids is 1. The predicted octanol–water partition coefficient (Wildman–Crippen LogP) is 2.05. The van der Waals surface area contributed by atoms with Crippen LogP contribution in [-0.2, 0) is 4.79 Å². The fourth-order valence-electron chi connectivity index (χ4n) is 2.73. The smallest absolute Gasteiger partial charge is 0.226 e. The molecule has 1 unspecified atom stereocenters. The lowest BCUT2D eigenvalue weighted by Crippen LogP contribution is -2.54. The number of hydrogen-bond acceptors (Lipinski definition) is 4. The minimum absolute atomic E-state index is 0.0303. The second kappa shape index (κ2) is 7.01. The number of para-hydroxylation sites is 2. The van der Waals surface area contributed by atoms with Crippen molar-refractivity contribution in [1.29, 1.82) is 0 Å². The van der Waals surface area contributed by atoms with Crippen LogP contribution >= 0.6 is 0 Å². The molecule has 1 aliphatic rings. The number of piperidine rings is 1. The molecule has 5 heteroatoms. The normalized spacial score (nSPS) is 20.5. The van der Waals surface area contributed by atoms with Crippen molar-refractivity contribution in [2.75, 3.05) is 26.8 Å². The van der Waals surface area contributed by atoms with E-state index in [1.54, 1.807) is 7.11 Å². The Hall–Kier alpha value is -1.75. The summed E-state index contributed by atoms with van der Waals surface area (Å²) in [5.41, 5.74) is 6.08. The van der Waals surface area contributed by atoms with Gasteiger partial charge in [0.25, 0.3) is 0 Å². The van der Waals surface area contributed by atoms with Crippen LogP contribution < -0.4 is 15.2 Å². The lowest BCUT2D eigenvalue weighted by molar-refractivity contribution is -0.135. The van der Waals surface area contributed by atoms with E-state index in [9.17, 15) is 4.79 Å². The summed E-state index contributed by atoms with van der Waals surface area (Å²) in [6.07, 6.45) is 1.22. The molecular weight excluding hydrogens is 280 g/mol. The van der Waals surface area contributed by atoms with Crippen LogP contribution in [-0.4, -0.2) is 43.7 Å². The van der Waals surface area contributed by atoms with Gasteiger partial charge in [0.15, 0.2) is 11.5 Å². The molecule has 2 N–H and O–H groups in total. The zero-order valence-electron chi connectivity index (χ0n) is 13.7. The maximum Gasteiger partial charge on any atom is 0.226 e. The van der Waals surface area contributed by atoms with E-state index in [0.717, 1.165) is 13.0 Å². The highest BCUT2D eigenvalue weighted by Gasteiger charge is 2.35. The van der Waals surface area contributed by atoms with Crippen LogP contribution in [0.3, 0.4) is 0 Å². The van der Waals surface area contributed by atoms with E-state index in [-0.39, 0.29) is 17.4 Å². The average Bonchev–Trinajstić information content (AvgIpc) is 2.50. The molecule has 1 aliphatic heterocycles. The first-order valence-corrected chi connectivity index (χ1v) is 7.73. The van der Waals surface area contributed by atoms with Gasteiger partial charge in [0.1, 0.15) is 0 Å². The fraction of sp³-hybridized carbons (Fsp3) is 0.588. The Kier molecular flexibility index (Phi) is 5.29. The Morgan fingerprint density at radius 1 is 1.36 bits per heavy atom. The molecule has 1 fully saturated rings. The third-order valence-corrected chi connectivity index (χ3v) is 4.31. The fourth-order valence-corrected chi connectivity index (χ4v) is 2.73. The van der Waals surface area contributed by atoms with Gasteiger partial charge in [0.2, 0.25) is 5.91 Å². The summed E-state index contributed by atoms with van der Waals surface area (Å²) < 4.78 is 10.9. The second-order valence-corrected chi connectivity index (χ2v) is 6.45. The lowest BCUT2D eigenvalue weighted by Gasteiger charge is -2.42. The molecule has 1 saturated heterocycles. The van der Waals surface area contributed by atoms with E-state index in [2.05, 4.69) is 13.8 Å². The summed E-state index contributed by atoms with van der Waals surface area (Å²) in [5.74, 6) is 1.47. The van der Waals surface area contributed by atoms with Crippen LogP contribution in [0.25, 0.3) is 0 Å². The summed E-state index contributed by atoms with van der Waals surface area (Å²) in [6.45, 7) is 6.02. The third kappa shape index (κ3) is 3.91. The van der Waals surface area contributed by atoms with E-state index in [1.807, 2.05) is 29.2 Å². The molecular formula is C17H26N2O3. The Morgan fingerprint density at radius 3 is 2.68 bits per heavy atom. The summed E-state index contributed by atoms with van der Waals surface area (Å²) in [4.78, 5) is 14.2. The summed E-state index contributed by atoms with van der Waals surface area (Å²) in [5, 5.41) is 0. The van der Waals surface area contributed by atoms with Gasteiger partial charge in [-0.15, -0.1) is 0 Å². The van der Waals surface area contributed by atoms with Crippen LogP contribution in [0.4, 0.5) is 0 Å². The molecule has 0 spiro atoms. The number of likely N-dealkylation sites (tertiary alicyclic amines) is 1. The van der Waals surface area contributed by atoms with Crippen LogP contribution in [0.1, 0.15) is 26.7 Å². The van der Waals surface area contributed by atoms with Crippen LogP contribution in [0.5, 0.6) is 11.5 Å². The van der Waals surface area contributed by atoms with E-state index >= 15 is 0 Å². The van der Waals surface area contributed by atoms with E-state index < -0.39 is 0 Å². The summed E-state index contributed by atoms with van der Waals surface area (Å²) in [6, 6.07) is 7.60. The molecule has 0 aromatic heterocycles. The first kappa shape index (κ1) is 16.6. The van der Waals surface area contributed by atoms with Crippen molar-refractivity contribution < 1.29 is 14.3 Å². The topological polar surface area (TPSA) is 64.8 Å². The van der Waals surface area contributed by atoms with Crippen molar-refractivity contribution in [3.63, 3.8) is 0 Å². The molecule has 0 saturated carbocycles. The first-order chi connectivity index (χ1) is 10.4. The Bertz CT molecular complexity index is 516. The standard InChI is InChI=1S/C17H26N2O3/c1-17(2)12-19(10-8-15(17)18)16(20)9-11-22-14-7-5-4-6-13(14)21-3/h4-7,15H,8-12,18H2,1-3H3. The highest BCUT2D eigenvalue weighted by Crippen LogP contribution is 2.28. The molecule has 2 rings (SSSR count). The molecule has 1 atom stereocenters. The van der Waals surface area contributed by atoms with E-state index in [0.29, 0.717) is 31.1 Å². The van der Waals surface area contributed by atoms with Gasteiger partial charge in [-0.1, -0.05) is 26.0 Å². The number of nitrogens with zero attached hydrogens (tertiary/aromatic N) is 1. The minimum atomic E-state index is -0.0303.